The van der Waals surface area contributed by atoms with Gasteiger partial charge in [0.1, 0.15) is 5.75 Å². The van der Waals surface area contributed by atoms with Crippen LogP contribution in [-0.2, 0) is 4.74 Å². The van der Waals surface area contributed by atoms with Gasteiger partial charge in [-0.2, -0.15) is 0 Å². The monoisotopic (exact) mass is 322 g/mol. The minimum Gasteiger partial charge on any atom is -0.467 e. The zero-order valence-corrected chi connectivity index (χ0v) is 15.2. The van der Waals surface area contributed by atoms with E-state index >= 15 is 0 Å². The lowest BCUT2D eigenvalue weighted by Crippen LogP contribution is -2.29. The molecule has 0 aliphatic carbocycles. The Hall–Kier alpha value is -1.20. The third kappa shape index (κ3) is 5.53. The first-order chi connectivity index (χ1) is 10.5. The van der Waals surface area contributed by atoms with Crippen molar-refractivity contribution in [3.05, 3.63) is 18.2 Å². The molecule has 0 atom stereocenters. The second-order valence-electron chi connectivity index (χ2n) is 7.25. The molecule has 1 aliphatic rings. The zero-order valence-electron chi connectivity index (χ0n) is 14.2. The fourth-order valence-electron chi connectivity index (χ4n) is 2.59. The van der Waals surface area contributed by atoms with Crippen molar-refractivity contribution in [2.45, 2.75) is 44.9 Å². The molecule has 0 spiro atoms. The molecule has 0 amide bonds. The van der Waals surface area contributed by atoms with Crippen LogP contribution in [0.3, 0.4) is 0 Å². The van der Waals surface area contributed by atoms with Crippen molar-refractivity contribution in [1.82, 2.24) is 0 Å². The summed E-state index contributed by atoms with van der Waals surface area (Å²) in [5.41, 5.74) is 8.11. The highest BCUT2D eigenvalue weighted by atomic mass is 28.3. The lowest BCUT2D eigenvalue weighted by molar-refractivity contribution is 0.0221. The Morgan fingerprint density at radius 3 is 2.50 bits per heavy atom. The van der Waals surface area contributed by atoms with Crippen molar-refractivity contribution in [2.24, 2.45) is 0 Å². The number of benzene rings is 1. The first-order valence-electron chi connectivity index (χ1n) is 8.31. The second kappa shape index (κ2) is 7.88. The minimum atomic E-state index is -1.03. The maximum atomic E-state index is 6.18. The summed E-state index contributed by atoms with van der Waals surface area (Å²) < 4.78 is 11.2. The summed E-state index contributed by atoms with van der Waals surface area (Å²) in [7, 11) is -1.03. The lowest BCUT2D eigenvalue weighted by Gasteiger charge is -2.30. The van der Waals surface area contributed by atoms with Crippen LogP contribution < -0.4 is 15.4 Å². The fraction of sp³-hybridized carbons (Fsp3) is 0.647. The molecule has 1 aliphatic heterocycles. The molecule has 0 radical (unpaired) electrons. The summed E-state index contributed by atoms with van der Waals surface area (Å²) in [4.78, 5) is 2.37. The summed E-state index contributed by atoms with van der Waals surface area (Å²) in [5, 5.41) is 0. The van der Waals surface area contributed by atoms with E-state index in [9.17, 15) is 0 Å². The van der Waals surface area contributed by atoms with Crippen LogP contribution in [0.1, 0.15) is 19.3 Å². The summed E-state index contributed by atoms with van der Waals surface area (Å²) in [6, 6.07) is 7.12. The second-order valence-corrected chi connectivity index (χ2v) is 12.9. The number of piperidine rings is 1. The predicted molar refractivity (Wildman–Crippen MR) is 96.5 cm³/mol. The van der Waals surface area contributed by atoms with Crippen molar-refractivity contribution in [3.63, 3.8) is 0 Å². The van der Waals surface area contributed by atoms with Gasteiger partial charge in [0, 0.05) is 33.8 Å². The maximum absolute atomic E-state index is 6.18. The lowest BCUT2D eigenvalue weighted by atomic mass is 10.1. The fourth-order valence-corrected chi connectivity index (χ4v) is 3.35. The van der Waals surface area contributed by atoms with Crippen LogP contribution in [0, 0.1) is 0 Å². The van der Waals surface area contributed by atoms with Gasteiger partial charge in [-0.05, 0) is 37.4 Å². The molecule has 22 heavy (non-hydrogen) atoms. The third-order valence-electron chi connectivity index (χ3n) is 4.00. The molecule has 0 bridgehead atoms. The largest absolute Gasteiger partial charge is 0.467 e. The molecule has 2 N–H and O–H groups in total. The van der Waals surface area contributed by atoms with Gasteiger partial charge in [-0.25, -0.2) is 0 Å². The van der Waals surface area contributed by atoms with Crippen molar-refractivity contribution in [2.75, 3.05) is 37.1 Å². The highest BCUT2D eigenvalue weighted by Crippen LogP contribution is 2.29. The van der Waals surface area contributed by atoms with Gasteiger partial charge in [-0.3, -0.25) is 0 Å². The number of nitrogens with zero attached hydrogens (tertiary/aromatic N) is 1. The predicted octanol–water partition coefficient (Wildman–Crippen LogP) is 3.95. The standard InChI is InChI=1S/C17H30N2O2Si/c1-22(2,3)12-11-20-14-21-15-7-8-17(16(18)13-15)19-9-5-4-6-10-19/h7-8,13H,4-6,9-12,14,18H2,1-3H3. The summed E-state index contributed by atoms with van der Waals surface area (Å²) >= 11 is 0. The highest BCUT2D eigenvalue weighted by molar-refractivity contribution is 6.76. The van der Waals surface area contributed by atoms with Crippen molar-refractivity contribution >= 4 is 19.4 Å². The smallest absolute Gasteiger partial charge is 0.189 e. The molecule has 1 heterocycles. The molecular weight excluding hydrogens is 292 g/mol. The number of hydrogen-bond acceptors (Lipinski definition) is 4. The quantitative estimate of drug-likeness (QED) is 0.357. The molecule has 2 rings (SSSR count). The van der Waals surface area contributed by atoms with Gasteiger partial charge in [0.05, 0.1) is 11.4 Å². The van der Waals surface area contributed by atoms with E-state index in [2.05, 4.69) is 30.6 Å². The number of hydrogen-bond donors (Lipinski definition) is 1. The van der Waals surface area contributed by atoms with Gasteiger partial charge in [0.2, 0.25) is 0 Å². The first kappa shape index (κ1) is 17.2. The molecule has 124 valence electrons. The Balaban J connectivity index is 1.79. The van der Waals surface area contributed by atoms with Crippen LogP contribution in [0.15, 0.2) is 18.2 Å². The topological polar surface area (TPSA) is 47.7 Å². The number of nitrogen functional groups attached to an aromatic ring is 1. The van der Waals surface area contributed by atoms with Crippen molar-refractivity contribution in [1.29, 1.82) is 0 Å². The summed E-state index contributed by atoms with van der Waals surface area (Å²) in [6.07, 6.45) is 3.83. The van der Waals surface area contributed by atoms with Crippen LogP contribution in [0.25, 0.3) is 0 Å². The van der Waals surface area contributed by atoms with Gasteiger partial charge < -0.3 is 20.1 Å². The minimum absolute atomic E-state index is 0.299. The first-order valence-corrected chi connectivity index (χ1v) is 12.0. The molecule has 1 fully saturated rings. The van der Waals surface area contributed by atoms with E-state index in [1.807, 2.05) is 12.1 Å². The van der Waals surface area contributed by atoms with E-state index in [1.165, 1.54) is 19.3 Å². The van der Waals surface area contributed by atoms with Crippen LogP contribution in [0.2, 0.25) is 25.7 Å². The number of ether oxygens (including phenoxy) is 2. The SMILES string of the molecule is C[Si](C)(C)CCOCOc1ccc(N2CCCCC2)c(N)c1. The highest BCUT2D eigenvalue weighted by Gasteiger charge is 2.14. The Labute approximate surface area is 135 Å². The molecule has 5 heteroatoms. The van der Waals surface area contributed by atoms with E-state index in [1.54, 1.807) is 0 Å². The van der Waals surface area contributed by atoms with Crippen molar-refractivity contribution < 1.29 is 9.47 Å². The molecule has 1 aromatic carbocycles. The number of rotatable bonds is 7. The Morgan fingerprint density at radius 1 is 1.14 bits per heavy atom. The third-order valence-corrected chi connectivity index (χ3v) is 5.71. The van der Waals surface area contributed by atoms with Crippen LogP contribution in [-0.4, -0.2) is 34.6 Å². The van der Waals surface area contributed by atoms with Gasteiger partial charge in [0.15, 0.2) is 6.79 Å². The van der Waals surface area contributed by atoms with Crippen molar-refractivity contribution in [3.8, 4) is 5.75 Å². The Morgan fingerprint density at radius 2 is 1.86 bits per heavy atom. The maximum Gasteiger partial charge on any atom is 0.189 e. The summed E-state index contributed by atoms with van der Waals surface area (Å²) in [6.45, 7) is 10.3. The average molecular weight is 323 g/mol. The zero-order chi connectivity index (χ0) is 16.0. The van der Waals surface area contributed by atoms with Gasteiger partial charge in [-0.1, -0.05) is 19.6 Å². The number of anilines is 2. The van der Waals surface area contributed by atoms with Crippen LogP contribution in [0.4, 0.5) is 11.4 Å². The molecule has 4 nitrogen and oxygen atoms in total. The van der Waals surface area contributed by atoms with Gasteiger partial charge in [0.25, 0.3) is 0 Å². The van der Waals surface area contributed by atoms with E-state index in [0.29, 0.717) is 6.79 Å². The molecule has 1 aromatic rings. The van der Waals surface area contributed by atoms with E-state index in [4.69, 9.17) is 15.2 Å². The Bertz CT molecular complexity index is 468. The average Bonchev–Trinajstić information content (AvgIpc) is 2.47. The van der Waals surface area contributed by atoms with Gasteiger partial charge >= 0.3 is 0 Å². The van der Waals surface area contributed by atoms with E-state index < -0.39 is 8.07 Å². The number of nitrogens with two attached hydrogens (primary N) is 1. The summed E-state index contributed by atoms with van der Waals surface area (Å²) in [5.74, 6) is 0.784. The molecule has 0 saturated carbocycles. The molecule has 0 unspecified atom stereocenters. The van der Waals surface area contributed by atoms with Crippen LogP contribution in [0.5, 0.6) is 5.75 Å². The van der Waals surface area contributed by atoms with Crippen LogP contribution >= 0.6 is 0 Å². The van der Waals surface area contributed by atoms with E-state index in [-0.39, 0.29) is 0 Å². The van der Waals surface area contributed by atoms with E-state index in [0.717, 1.165) is 42.9 Å². The van der Waals surface area contributed by atoms with Gasteiger partial charge in [-0.15, -0.1) is 0 Å². The normalized spacial score (nSPS) is 15.9. The molecule has 1 saturated heterocycles. The molecule has 0 aromatic heterocycles. The Kier molecular flexibility index (Phi) is 6.14. The molecular formula is C17H30N2O2Si.